The standard InChI is InChI=1S/C17H23NO2S/c1-2-6-15-13-14-9-11-17(15,12-10-14)18-21(19,20)16-7-4-3-5-8-16/h2-5,7-8,14-15,18H,1,6,9-13H2. The summed E-state index contributed by atoms with van der Waals surface area (Å²) in [5, 5.41) is 0. The van der Waals surface area contributed by atoms with Crippen LogP contribution < -0.4 is 4.72 Å². The van der Waals surface area contributed by atoms with Crippen molar-refractivity contribution in [3.63, 3.8) is 0 Å². The van der Waals surface area contributed by atoms with Gasteiger partial charge in [-0.15, -0.1) is 6.58 Å². The first-order valence-electron chi connectivity index (χ1n) is 7.76. The van der Waals surface area contributed by atoms with E-state index in [1.807, 2.05) is 12.1 Å². The molecule has 114 valence electrons. The Hall–Kier alpha value is -1.13. The predicted octanol–water partition coefficient (Wildman–Crippen LogP) is 3.49. The quantitative estimate of drug-likeness (QED) is 0.846. The summed E-state index contributed by atoms with van der Waals surface area (Å²) in [7, 11) is -3.44. The summed E-state index contributed by atoms with van der Waals surface area (Å²) < 4.78 is 28.5. The van der Waals surface area contributed by atoms with Crippen LogP contribution in [0.15, 0.2) is 47.9 Å². The maximum Gasteiger partial charge on any atom is 0.241 e. The van der Waals surface area contributed by atoms with Gasteiger partial charge in [-0.2, -0.15) is 0 Å². The average molecular weight is 305 g/mol. The predicted molar refractivity (Wildman–Crippen MR) is 84.4 cm³/mol. The highest BCUT2D eigenvalue weighted by molar-refractivity contribution is 7.89. The number of fused-ring (bicyclic) bond motifs is 3. The van der Waals surface area contributed by atoms with Gasteiger partial charge in [0.25, 0.3) is 0 Å². The molecule has 0 aromatic heterocycles. The lowest BCUT2D eigenvalue weighted by molar-refractivity contribution is 0.0562. The Morgan fingerprint density at radius 1 is 1.24 bits per heavy atom. The van der Waals surface area contributed by atoms with E-state index in [4.69, 9.17) is 0 Å². The molecular weight excluding hydrogens is 282 g/mol. The molecule has 0 radical (unpaired) electrons. The van der Waals surface area contributed by atoms with Crippen molar-refractivity contribution in [2.24, 2.45) is 11.8 Å². The normalized spacial score (nSPS) is 32.0. The number of sulfonamides is 1. The molecule has 0 amide bonds. The highest BCUT2D eigenvalue weighted by Crippen LogP contribution is 2.49. The minimum absolute atomic E-state index is 0.266. The highest BCUT2D eigenvalue weighted by atomic mass is 32.2. The second-order valence-corrected chi connectivity index (χ2v) is 8.16. The van der Waals surface area contributed by atoms with Crippen LogP contribution in [0.3, 0.4) is 0 Å². The third-order valence-electron chi connectivity index (χ3n) is 5.24. The fraction of sp³-hybridized carbons (Fsp3) is 0.529. The second kappa shape index (κ2) is 5.58. The van der Waals surface area contributed by atoms with Crippen molar-refractivity contribution in [2.45, 2.75) is 49.0 Å². The van der Waals surface area contributed by atoms with Gasteiger partial charge in [0.1, 0.15) is 0 Å². The van der Waals surface area contributed by atoms with Gasteiger partial charge >= 0.3 is 0 Å². The van der Waals surface area contributed by atoms with E-state index < -0.39 is 10.0 Å². The van der Waals surface area contributed by atoms with Crippen LogP contribution in [-0.2, 0) is 10.0 Å². The Morgan fingerprint density at radius 3 is 2.52 bits per heavy atom. The average Bonchev–Trinajstić information content (AvgIpc) is 2.49. The van der Waals surface area contributed by atoms with E-state index in [1.54, 1.807) is 24.3 Å². The summed E-state index contributed by atoms with van der Waals surface area (Å²) in [6, 6.07) is 8.70. The molecule has 0 aliphatic heterocycles. The summed E-state index contributed by atoms with van der Waals surface area (Å²) in [6.07, 6.45) is 8.17. The molecule has 3 saturated carbocycles. The first kappa shape index (κ1) is 14.8. The number of allylic oxidation sites excluding steroid dienone is 1. The monoisotopic (exact) mass is 305 g/mol. The number of hydrogen-bond donors (Lipinski definition) is 1. The van der Waals surface area contributed by atoms with Gasteiger partial charge in [-0.3, -0.25) is 0 Å². The zero-order valence-electron chi connectivity index (χ0n) is 12.3. The molecule has 1 N–H and O–H groups in total. The Kier molecular flexibility index (Phi) is 3.93. The van der Waals surface area contributed by atoms with Crippen LogP contribution in [0.2, 0.25) is 0 Å². The highest BCUT2D eigenvalue weighted by Gasteiger charge is 2.49. The topological polar surface area (TPSA) is 46.2 Å². The van der Waals surface area contributed by atoms with Crippen molar-refractivity contribution in [3.05, 3.63) is 43.0 Å². The molecule has 1 unspecified atom stereocenters. The third-order valence-corrected chi connectivity index (χ3v) is 6.81. The van der Waals surface area contributed by atoms with E-state index in [0.717, 1.165) is 44.4 Å². The van der Waals surface area contributed by atoms with E-state index in [1.165, 1.54) is 0 Å². The molecule has 3 aliphatic rings. The van der Waals surface area contributed by atoms with Crippen molar-refractivity contribution in [1.29, 1.82) is 0 Å². The maximum atomic E-state index is 12.7. The molecule has 3 aliphatic carbocycles. The van der Waals surface area contributed by atoms with Gasteiger partial charge in [-0.1, -0.05) is 24.3 Å². The zero-order chi connectivity index (χ0) is 14.9. The molecule has 1 aromatic rings. The van der Waals surface area contributed by atoms with Crippen molar-refractivity contribution < 1.29 is 8.42 Å². The van der Waals surface area contributed by atoms with Crippen molar-refractivity contribution >= 4 is 10.0 Å². The minimum atomic E-state index is -3.44. The summed E-state index contributed by atoms with van der Waals surface area (Å²) in [5.41, 5.74) is -0.266. The Morgan fingerprint density at radius 2 is 1.90 bits per heavy atom. The van der Waals surface area contributed by atoms with Gasteiger partial charge in [0.05, 0.1) is 4.90 Å². The second-order valence-electron chi connectivity index (χ2n) is 6.48. The van der Waals surface area contributed by atoms with E-state index in [2.05, 4.69) is 11.3 Å². The lowest BCUT2D eigenvalue weighted by Gasteiger charge is -2.52. The van der Waals surface area contributed by atoms with Gasteiger partial charge in [0, 0.05) is 5.54 Å². The largest absolute Gasteiger partial charge is 0.241 e. The third kappa shape index (κ3) is 2.79. The summed E-state index contributed by atoms with van der Waals surface area (Å²) in [4.78, 5) is 0.365. The Balaban J connectivity index is 1.89. The van der Waals surface area contributed by atoms with Crippen LogP contribution in [0.1, 0.15) is 38.5 Å². The van der Waals surface area contributed by atoms with E-state index in [-0.39, 0.29) is 5.54 Å². The van der Waals surface area contributed by atoms with Crippen LogP contribution in [-0.4, -0.2) is 14.0 Å². The Labute approximate surface area is 127 Å². The Bertz CT molecular complexity index is 601. The van der Waals surface area contributed by atoms with E-state index in [9.17, 15) is 8.42 Å². The van der Waals surface area contributed by atoms with Crippen LogP contribution in [0.25, 0.3) is 0 Å². The molecule has 4 rings (SSSR count). The summed E-state index contributed by atoms with van der Waals surface area (Å²) in [6.45, 7) is 3.85. The van der Waals surface area contributed by atoms with Crippen LogP contribution >= 0.6 is 0 Å². The summed E-state index contributed by atoms with van der Waals surface area (Å²) >= 11 is 0. The van der Waals surface area contributed by atoms with Gasteiger partial charge in [-0.05, 0) is 62.5 Å². The van der Waals surface area contributed by atoms with Crippen molar-refractivity contribution in [1.82, 2.24) is 4.72 Å². The lowest BCUT2D eigenvalue weighted by Crippen LogP contribution is -2.59. The fourth-order valence-electron chi connectivity index (χ4n) is 4.10. The number of hydrogen-bond acceptors (Lipinski definition) is 2. The van der Waals surface area contributed by atoms with E-state index in [0.29, 0.717) is 10.8 Å². The maximum absolute atomic E-state index is 12.7. The lowest BCUT2D eigenvalue weighted by atomic mass is 9.59. The molecule has 0 saturated heterocycles. The van der Waals surface area contributed by atoms with Gasteiger partial charge in [0.15, 0.2) is 0 Å². The molecule has 3 nitrogen and oxygen atoms in total. The summed E-state index contributed by atoms with van der Waals surface area (Å²) in [5.74, 6) is 1.17. The fourth-order valence-corrected chi connectivity index (χ4v) is 5.64. The van der Waals surface area contributed by atoms with E-state index >= 15 is 0 Å². The van der Waals surface area contributed by atoms with Gasteiger partial charge in [0.2, 0.25) is 10.0 Å². The van der Waals surface area contributed by atoms with Crippen LogP contribution in [0.5, 0.6) is 0 Å². The van der Waals surface area contributed by atoms with Crippen LogP contribution in [0, 0.1) is 11.8 Å². The molecule has 2 bridgehead atoms. The number of benzene rings is 1. The van der Waals surface area contributed by atoms with Gasteiger partial charge in [-0.25, -0.2) is 13.1 Å². The molecule has 3 fully saturated rings. The molecule has 4 heteroatoms. The number of rotatable bonds is 5. The first-order chi connectivity index (χ1) is 10.1. The minimum Gasteiger partial charge on any atom is -0.207 e. The van der Waals surface area contributed by atoms with Crippen molar-refractivity contribution in [3.8, 4) is 0 Å². The zero-order valence-corrected chi connectivity index (χ0v) is 13.1. The molecule has 1 aromatic carbocycles. The molecule has 0 heterocycles. The first-order valence-corrected chi connectivity index (χ1v) is 9.24. The smallest absolute Gasteiger partial charge is 0.207 e. The molecule has 21 heavy (non-hydrogen) atoms. The molecule has 1 atom stereocenters. The van der Waals surface area contributed by atoms with Gasteiger partial charge < -0.3 is 0 Å². The molecule has 0 spiro atoms. The molecular formula is C17H23NO2S. The SMILES string of the molecule is C=CCC1CC2CCC1(NS(=O)(=O)c1ccccc1)CC2. The number of nitrogens with one attached hydrogen (secondary N) is 1. The van der Waals surface area contributed by atoms with Crippen LogP contribution in [0.4, 0.5) is 0 Å². The van der Waals surface area contributed by atoms with Crippen molar-refractivity contribution in [2.75, 3.05) is 0 Å².